The summed E-state index contributed by atoms with van der Waals surface area (Å²) in [6, 6.07) is 6.63. The molecule has 0 spiro atoms. The number of anilines is 1. The minimum absolute atomic E-state index is 0.879. The van der Waals surface area contributed by atoms with Crippen molar-refractivity contribution in [1.82, 2.24) is 0 Å². The van der Waals surface area contributed by atoms with Gasteiger partial charge in [-0.15, -0.1) is 0 Å². The summed E-state index contributed by atoms with van der Waals surface area (Å²) in [4.78, 5) is 2.41. The summed E-state index contributed by atoms with van der Waals surface area (Å²) in [7, 11) is 0. The topological polar surface area (TPSA) is 12.5 Å². The molecular weight excluding hydrogens is 150 g/mol. The summed E-state index contributed by atoms with van der Waals surface area (Å²) in [5.74, 6) is 0. The molecule has 0 atom stereocenters. The molecule has 0 aromatic rings. The van der Waals surface area contributed by atoms with Crippen LogP contribution in [0.25, 0.3) is 11.1 Å². The van der Waals surface area contributed by atoms with Crippen molar-refractivity contribution in [2.75, 3.05) is 31.2 Å². The first kappa shape index (κ1) is 6.49. The lowest BCUT2D eigenvalue weighted by Crippen LogP contribution is -2.37. The maximum atomic E-state index is 5.30. The number of rotatable bonds is 1. The van der Waals surface area contributed by atoms with E-state index in [0.717, 1.165) is 26.3 Å². The summed E-state index contributed by atoms with van der Waals surface area (Å²) in [6.07, 6.45) is 0. The Bertz CT molecular complexity index is 316. The molecule has 0 amide bonds. The Labute approximate surface area is 71.8 Å². The summed E-state index contributed by atoms with van der Waals surface area (Å²) in [5.41, 5.74) is 4.31. The van der Waals surface area contributed by atoms with E-state index < -0.39 is 0 Å². The average Bonchev–Trinajstić information content (AvgIpc) is 2.11. The number of fused-ring (bicyclic) bond motifs is 1. The van der Waals surface area contributed by atoms with Crippen LogP contribution in [0.4, 0.5) is 5.69 Å². The predicted octanol–water partition coefficient (Wildman–Crippen LogP) is 1.50. The number of nitrogens with zero attached hydrogens (tertiary/aromatic N) is 1. The van der Waals surface area contributed by atoms with Crippen LogP contribution in [-0.2, 0) is 4.74 Å². The van der Waals surface area contributed by atoms with Crippen LogP contribution in [-0.4, -0.2) is 26.3 Å². The van der Waals surface area contributed by atoms with Gasteiger partial charge in [-0.2, -0.15) is 0 Å². The largest absolute Gasteiger partial charge is 0.378 e. The van der Waals surface area contributed by atoms with Crippen molar-refractivity contribution in [2.24, 2.45) is 0 Å². The molecule has 2 aliphatic carbocycles. The van der Waals surface area contributed by atoms with E-state index in [1.54, 1.807) is 0 Å². The second-order valence-corrected chi connectivity index (χ2v) is 3.33. The summed E-state index contributed by atoms with van der Waals surface area (Å²) < 4.78 is 5.30. The van der Waals surface area contributed by atoms with Gasteiger partial charge >= 0.3 is 0 Å². The molecule has 0 unspecified atom stereocenters. The number of morpholine rings is 1. The minimum Gasteiger partial charge on any atom is -0.378 e. The molecule has 2 heteroatoms. The van der Waals surface area contributed by atoms with E-state index in [0.29, 0.717) is 0 Å². The monoisotopic (exact) mass is 161 g/mol. The van der Waals surface area contributed by atoms with E-state index in [1.165, 1.54) is 16.8 Å². The van der Waals surface area contributed by atoms with Gasteiger partial charge in [0, 0.05) is 24.3 Å². The lowest BCUT2D eigenvalue weighted by molar-refractivity contribution is 0.122. The van der Waals surface area contributed by atoms with Gasteiger partial charge in [-0.1, -0.05) is 12.1 Å². The first-order valence-electron chi connectivity index (χ1n) is 4.42. The van der Waals surface area contributed by atoms with Crippen LogP contribution in [0.15, 0.2) is 18.2 Å². The molecule has 1 saturated heterocycles. The third kappa shape index (κ3) is 0.730. The fourth-order valence-electron chi connectivity index (χ4n) is 1.84. The molecule has 1 fully saturated rings. The van der Waals surface area contributed by atoms with Crippen LogP contribution in [0.2, 0.25) is 0 Å². The van der Waals surface area contributed by atoms with E-state index >= 15 is 0 Å². The van der Waals surface area contributed by atoms with Crippen molar-refractivity contribution in [1.29, 1.82) is 0 Å². The fourth-order valence-corrected chi connectivity index (χ4v) is 1.84. The lowest BCUT2D eigenvalue weighted by Gasteiger charge is -2.35. The lowest BCUT2D eigenvalue weighted by atomic mass is 9.90. The van der Waals surface area contributed by atoms with E-state index in [1.807, 2.05) is 0 Å². The number of benzene rings is 1. The summed E-state index contributed by atoms with van der Waals surface area (Å²) in [5, 5.41) is 0. The van der Waals surface area contributed by atoms with Gasteiger partial charge in [0.1, 0.15) is 0 Å². The fraction of sp³-hybridized carbons (Fsp3) is 0.400. The Morgan fingerprint density at radius 3 is 2.50 bits per heavy atom. The summed E-state index contributed by atoms with van der Waals surface area (Å²) >= 11 is 0. The van der Waals surface area contributed by atoms with Crippen molar-refractivity contribution < 1.29 is 4.74 Å². The highest BCUT2D eigenvalue weighted by Gasteiger charge is 2.22. The molecule has 0 N–H and O–H groups in total. The Hall–Kier alpha value is -1.02. The Morgan fingerprint density at radius 1 is 1.17 bits per heavy atom. The maximum Gasteiger partial charge on any atom is 0.0642 e. The van der Waals surface area contributed by atoms with E-state index in [2.05, 4.69) is 23.1 Å². The molecule has 0 radical (unpaired) electrons. The van der Waals surface area contributed by atoms with Crippen LogP contribution in [0.5, 0.6) is 0 Å². The smallest absolute Gasteiger partial charge is 0.0642 e. The van der Waals surface area contributed by atoms with Gasteiger partial charge in [-0.05, 0) is 11.6 Å². The Morgan fingerprint density at radius 2 is 2.00 bits per heavy atom. The van der Waals surface area contributed by atoms with Crippen LogP contribution in [0.1, 0.15) is 0 Å². The minimum atomic E-state index is 0.879. The zero-order valence-corrected chi connectivity index (χ0v) is 6.92. The molecule has 1 heterocycles. The third-order valence-corrected chi connectivity index (χ3v) is 2.66. The van der Waals surface area contributed by atoms with Gasteiger partial charge in [-0.3, -0.25) is 0 Å². The Kier molecular flexibility index (Phi) is 1.21. The number of ether oxygens (including phenoxy) is 1. The standard InChI is InChI=1S/C10H11NO/c1-2-9-8(1)7-10(9)11-3-5-12-6-4-11/h1-2,7H,3-6H2. The number of hydrogen-bond donors (Lipinski definition) is 0. The number of hydrogen-bond acceptors (Lipinski definition) is 2. The van der Waals surface area contributed by atoms with Gasteiger partial charge in [0.05, 0.1) is 13.2 Å². The highest BCUT2D eigenvalue weighted by atomic mass is 16.5. The van der Waals surface area contributed by atoms with Crippen LogP contribution in [0.3, 0.4) is 0 Å². The van der Waals surface area contributed by atoms with E-state index in [-0.39, 0.29) is 0 Å². The second kappa shape index (κ2) is 2.23. The highest BCUT2D eigenvalue weighted by Crippen LogP contribution is 2.43. The van der Waals surface area contributed by atoms with Crippen molar-refractivity contribution in [2.45, 2.75) is 0 Å². The van der Waals surface area contributed by atoms with E-state index in [9.17, 15) is 0 Å². The van der Waals surface area contributed by atoms with Gasteiger partial charge < -0.3 is 9.64 Å². The average molecular weight is 161 g/mol. The normalized spacial score (nSPS) is 19.5. The molecule has 0 saturated carbocycles. The maximum absolute atomic E-state index is 5.30. The molecular formula is C10H11NO. The van der Waals surface area contributed by atoms with Crippen LogP contribution >= 0.6 is 0 Å². The van der Waals surface area contributed by atoms with Crippen molar-refractivity contribution in [3.63, 3.8) is 0 Å². The van der Waals surface area contributed by atoms with Crippen molar-refractivity contribution >= 4 is 5.69 Å². The molecule has 3 aliphatic rings. The first-order valence-corrected chi connectivity index (χ1v) is 4.42. The molecule has 1 aliphatic heterocycles. The molecule has 0 aromatic carbocycles. The second-order valence-electron chi connectivity index (χ2n) is 3.33. The van der Waals surface area contributed by atoms with Crippen LogP contribution in [0, 0.1) is 0 Å². The third-order valence-electron chi connectivity index (χ3n) is 2.66. The quantitative estimate of drug-likeness (QED) is 0.628. The molecule has 62 valence electrons. The molecule has 0 aromatic heterocycles. The van der Waals surface area contributed by atoms with Gasteiger partial charge in [0.15, 0.2) is 0 Å². The summed E-state index contributed by atoms with van der Waals surface area (Å²) in [6.45, 7) is 3.86. The van der Waals surface area contributed by atoms with Gasteiger partial charge in [0.25, 0.3) is 0 Å². The highest BCUT2D eigenvalue weighted by molar-refractivity contribution is 5.92. The van der Waals surface area contributed by atoms with Crippen LogP contribution < -0.4 is 4.90 Å². The molecule has 12 heavy (non-hydrogen) atoms. The first-order chi connectivity index (χ1) is 5.95. The SMILES string of the molecule is c1cc2c(N3CCOCC3)cc1-2. The predicted molar refractivity (Wildman–Crippen MR) is 48.5 cm³/mol. The zero-order valence-electron chi connectivity index (χ0n) is 6.92. The molecule has 2 nitrogen and oxygen atoms in total. The van der Waals surface area contributed by atoms with Gasteiger partial charge in [0.2, 0.25) is 0 Å². The van der Waals surface area contributed by atoms with E-state index in [4.69, 9.17) is 4.74 Å². The van der Waals surface area contributed by atoms with Crippen molar-refractivity contribution in [3.05, 3.63) is 18.2 Å². The van der Waals surface area contributed by atoms with Gasteiger partial charge in [-0.25, -0.2) is 0 Å². The zero-order chi connectivity index (χ0) is 7.97. The Balaban J connectivity index is 1.83. The molecule has 0 bridgehead atoms. The van der Waals surface area contributed by atoms with Crippen molar-refractivity contribution in [3.8, 4) is 11.1 Å². The molecule has 3 rings (SSSR count).